The van der Waals surface area contributed by atoms with E-state index in [1.807, 2.05) is 18.3 Å². The van der Waals surface area contributed by atoms with Crippen LogP contribution in [0.1, 0.15) is 31.8 Å². The van der Waals surface area contributed by atoms with Crippen molar-refractivity contribution in [3.63, 3.8) is 0 Å². The minimum Gasteiger partial charge on any atom is -0.366 e. The number of benzene rings is 2. The number of piperazine rings is 1. The average molecular weight is 509 g/mol. The van der Waals surface area contributed by atoms with Gasteiger partial charge in [-0.3, -0.25) is 14.3 Å². The van der Waals surface area contributed by atoms with Gasteiger partial charge in [-0.25, -0.2) is 9.97 Å². The minimum absolute atomic E-state index is 0.142. The van der Waals surface area contributed by atoms with Gasteiger partial charge in [-0.15, -0.1) is 0 Å². The number of amides is 2. The van der Waals surface area contributed by atoms with E-state index >= 15 is 0 Å². The summed E-state index contributed by atoms with van der Waals surface area (Å²) in [5.74, 6) is -0.488. The molecule has 190 valence electrons. The molecule has 0 unspecified atom stereocenters. The number of hydrogen-bond acceptors (Lipinski definition) is 6. The number of carbonyl (C=O) groups is 2. The van der Waals surface area contributed by atoms with Crippen LogP contribution in [0.4, 0.5) is 19.1 Å². The molecule has 1 fully saturated rings. The summed E-state index contributed by atoms with van der Waals surface area (Å²) in [5.41, 5.74) is 6.80. The smallest absolute Gasteiger partial charge is 0.366 e. The number of nitrogens with two attached hydrogens (primary N) is 1. The number of rotatable bonds is 5. The van der Waals surface area contributed by atoms with Gasteiger partial charge in [0.2, 0.25) is 5.95 Å². The van der Waals surface area contributed by atoms with Crippen LogP contribution in [0.5, 0.6) is 0 Å². The van der Waals surface area contributed by atoms with Crippen LogP contribution in [-0.4, -0.2) is 62.6 Å². The van der Waals surface area contributed by atoms with E-state index in [-0.39, 0.29) is 11.9 Å². The van der Waals surface area contributed by atoms with E-state index in [9.17, 15) is 22.8 Å². The summed E-state index contributed by atoms with van der Waals surface area (Å²) in [5, 5.41) is 5.28. The van der Waals surface area contributed by atoms with Crippen LogP contribution in [0, 0.1) is 0 Å². The number of halogens is 3. The van der Waals surface area contributed by atoms with Gasteiger partial charge < -0.3 is 15.5 Å². The highest BCUT2D eigenvalue weighted by atomic mass is 19.4. The zero-order chi connectivity index (χ0) is 26.2. The lowest BCUT2D eigenvalue weighted by molar-refractivity contribution is -0.138. The third kappa shape index (κ3) is 5.08. The maximum absolute atomic E-state index is 13.1. The van der Waals surface area contributed by atoms with Crippen LogP contribution >= 0.6 is 0 Å². The molecule has 0 aliphatic carbocycles. The minimum atomic E-state index is -4.49. The summed E-state index contributed by atoms with van der Waals surface area (Å²) in [4.78, 5) is 35.9. The summed E-state index contributed by atoms with van der Waals surface area (Å²) < 4.78 is 39.9. The molecule has 5 rings (SSSR count). The average Bonchev–Trinajstić information content (AvgIpc) is 3.30. The second kappa shape index (κ2) is 9.52. The fourth-order valence-electron chi connectivity index (χ4n) is 4.29. The van der Waals surface area contributed by atoms with Crippen LogP contribution in [0.3, 0.4) is 0 Å². The van der Waals surface area contributed by atoms with E-state index in [2.05, 4.69) is 15.1 Å². The highest BCUT2D eigenvalue weighted by Gasteiger charge is 2.32. The first kappa shape index (κ1) is 24.2. The Morgan fingerprint density at radius 2 is 1.68 bits per heavy atom. The first-order valence-corrected chi connectivity index (χ1v) is 11.5. The molecular formula is C25H22F3N7O2. The second-order valence-corrected chi connectivity index (χ2v) is 8.68. The molecule has 1 saturated heterocycles. The van der Waals surface area contributed by atoms with Crippen molar-refractivity contribution in [2.24, 2.45) is 5.73 Å². The second-order valence-electron chi connectivity index (χ2n) is 8.68. The van der Waals surface area contributed by atoms with E-state index < -0.39 is 17.6 Å². The summed E-state index contributed by atoms with van der Waals surface area (Å²) in [6, 6.07) is 12.4. The molecule has 0 spiro atoms. The Kier molecular flexibility index (Phi) is 6.24. The molecule has 0 saturated carbocycles. The van der Waals surface area contributed by atoms with Crippen LogP contribution in [-0.2, 0) is 12.7 Å². The van der Waals surface area contributed by atoms with Crippen LogP contribution < -0.4 is 10.6 Å². The Morgan fingerprint density at radius 3 is 2.35 bits per heavy atom. The summed E-state index contributed by atoms with van der Waals surface area (Å²) >= 11 is 0. The first-order valence-electron chi connectivity index (χ1n) is 11.5. The Balaban J connectivity index is 1.24. The predicted octanol–water partition coefficient (Wildman–Crippen LogP) is 2.95. The Morgan fingerprint density at radius 1 is 0.973 bits per heavy atom. The zero-order valence-corrected chi connectivity index (χ0v) is 19.5. The number of nitrogens with zero attached hydrogens (tertiary/aromatic N) is 6. The molecule has 1 aliphatic rings. The van der Waals surface area contributed by atoms with Crippen LogP contribution in [0.2, 0.25) is 0 Å². The van der Waals surface area contributed by atoms with E-state index in [4.69, 9.17) is 5.73 Å². The monoisotopic (exact) mass is 509 g/mol. The Labute approximate surface area is 209 Å². The van der Waals surface area contributed by atoms with Crippen LogP contribution in [0.25, 0.3) is 10.9 Å². The van der Waals surface area contributed by atoms with Gasteiger partial charge >= 0.3 is 6.18 Å². The fraction of sp³-hybridized carbons (Fsp3) is 0.240. The molecule has 1 aliphatic heterocycles. The zero-order valence-electron chi connectivity index (χ0n) is 19.5. The number of hydrogen-bond donors (Lipinski definition) is 1. The van der Waals surface area contributed by atoms with E-state index in [1.54, 1.807) is 44.8 Å². The largest absolute Gasteiger partial charge is 0.419 e. The number of fused-ring (bicyclic) bond motifs is 1. The van der Waals surface area contributed by atoms with Crippen molar-refractivity contribution in [3.8, 4) is 0 Å². The number of anilines is 1. The Hall–Kier alpha value is -4.48. The number of aromatic nitrogens is 4. The van der Waals surface area contributed by atoms with Crippen LogP contribution in [0.15, 0.2) is 61.1 Å². The summed E-state index contributed by atoms with van der Waals surface area (Å²) in [6.45, 7) is 1.96. The predicted molar refractivity (Wildman–Crippen MR) is 129 cm³/mol. The molecule has 9 nitrogen and oxygen atoms in total. The van der Waals surface area contributed by atoms with Crippen molar-refractivity contribution in [3.05, 3.63) is 83.3 Å². The Bertz CT molecular complexity index is 1460. The highest BCUT2D eigenvalue weighted by molar-refractivity contribution is 6.04. The van der Waals surface area contributed by atoms with Gasteiger partial charge in [0, 0.05) is 55.7 Å². The van der Waals surface area contributed by atoms with Gasteiger partial charge in [0.15, 0.2) is 0 Å². The lowest BCUT2D eigenvalue weighted by atomic mass is 10.1. The van der Waals surface area contributed by atoms with Gasteiger partial charge in [0.05, 0.1) is 17.7 Å². The highest BCUT2D eigenvalue weighted by Crippen LogP contribution is 2.28. The lowest BCUT2D eigenvalue weighted by Crippen LogP contribution is -2.49. The molecule has 2 aromatic carbocycles. The SMILES string of the molecule is NC(=O)c1cccc2cn(Cc3cccc(C(=O)N4CCN(c5ncc(C(F)(F)F)cn5)CC4)c3)nc12. The number of primary amides is 1. The van der Waals surface area contributed by atoms with Gasteiger partial charge in [0.1, 0.15) is 5.52 Å². The topological polar surface area (TPSA) is 110 Å². The summed E-state index contributed by atoms with van der Waals surface area (Å²) in [6.07, 6.45) is -1.14. The molecule has 0 bridgehead atoms. The molecule has 2 N–H and O–H groups in total. The van der Waals surface area contributed by atoms with Crippen molar-refractivity contribution in [2.45, 2.75) is 12.7 Å². The molecule has 0 radical (unpaired) electrons. The standard InChI is InChI=1S/C25H22F3N7O2/c26-25(27,28)19-12-30-24(31-13-19)34-9-7-33(8-10-34)23(37)17-4-1-3-16(11-17)14-35-15-18-5-2-6-20(22(29)36)21(18)32-35/h1-6,11-13,15H,7-10,14H2,(H2,29,36). The van der Waals surface area contributed by atoms with Gasteiger partial charge in [-0.2, -0.15) is 18.3 Å². The van der Waals surface area contributed by atoms with Crippen molar-refractivity contribution in [2.75, 3.05) is 31.1 Å². The molecule has 0 atom stereocenters. The quantitative estimate of drug-likeness (QED) is 0.443. The molecule has 37 heavy (non-hydrogen) atoms. The van der Waals surface area contributed by atoms with Crippen molar-refractivity contribution < 1.29 is 22.8 Å². The summed E-state index contributed by atoms with van der Waals surface area (Å²) in [7, 11) is 0. The molecule has 12 heteroatoms. The molecule has 2 aromatic heterocycles. The van der Waals surface area contributed by atoms with Crippen molar-refractivity contribution in [1.82, 2.24) is 24.6 Å². The molecule has 4 aromatic rings. The lowest BCUT2D eigenvalue weighted by Gasteiger charge is -2.34. The van der Waals surface area contributed by atoms with Crippen molar-refractivity contribution >= 4 is 28.7 Å². The third-order valence-corrected chi connectivity index (χ3v) is 6.18. The van der Waals surface area contributed by atoms with Gasteiger partial charge in [0.25, 0.3) is 11.8 Å². The fourth-order valence-corrected chi connectivity index (χ4v) is 4.29. The molecule has 3 heterocycles. The number of alkyl halides is 3. The maximum atomic E-state index is 13.1. The molecular weight excluding hydrogens is 487 g/mol. The normalized spacial score (nSPS) is 14.2. The van der Waals surface area contributed by atoms with Crippen molar-refractivity contribution in [1.29, 1.82) is 0 Å². The maximum Gasteiger partial charge on any atom is 0.419 e. The molecule has 2 amide bonds. The van der Waals surface area contributed by atoms with E-state index in [0.717, 1.165) is 23.3 Å². The number of carbonyl (C=O) groups excluding carboxylic acids is 2. The van der Waals surface area contributed by atoms with E-state index in [0.29, 0.717) is 49.4 Å². The van der Waals surface area contributed by atoms with Gasteiger partial charge in [-0.1, -0.05) is 24.3 Å². The van der Waals surface area contributed by atoms with Gasteiger partial charge in [-0.05, 0) is 23.8 Å². The first-order chi connectivity index (χ1) is 17.7. The van der Waals surface area contributed by atoms with E-state index in [1.165, 1.54) is 0 Å². The third-order valence-electron chi connectivity index (χ3n) is 6.18.